The van der Waals surface area contributed by atoms with Crippen LogP contribution in [0.5, 0.6) is 0 Å². The summed E-state index contributed by atoms with van der Waals surface area (Å²) in [4.78, 5) is 12.2. The quantitative estimate of drug-likeness (QED) is 0.627. The van der Waals surface area contributed by atoms with Crippen molar-refractivity contribution in [3.8, 4) is 0 Å². The first kappa shape index (κ1) is 13.6. The molecule has 1 aromatic rings. The van der Waals surface area contributed by atoms with Gasteiger partial charge in [-0.3, -0.25) is 0 Å². The highest BCUT2D eigenvalue weighted by molar-refractivity contribution is 5.89. The second kappa shape index (κ2) is 5.54. The molecule has 1 aromatic carbocycles. The molecule has 0 spiro atoms. The van der Waals surface area contributed by atoms with Crippen LogP contribution in [0.25, 0.3) is 0 Å². The number of rotatable bonds is 2. The zero-order valence-electron chi connectivity index (χ0n) is 11.6. The van der Waals surface area contributed by atoms with Gasteiger partial charge in [-0.25, -0.2) is 4.79 Å². The van der Waals surface area contributed by atoms with Crippen molar-refractivity contribution < 1.29 is 20.0 Å². The predicted molar refractivity (Wildman–Crippen MR) is 74.0 cm³/mol. The molecule has 0 aromatic heterocycles. The maximum atomic E-state index is 12.2. The molecular formula is C16H22NO3+. The first-order chi connectivity index (χ1) is 9.69. The van der Waals surface area contributed by atoms with Crippen molar-refractivity contribution in [1.29, 1.82) is 0 Å². The molecule has 3 atom stereocenters. The summed E-state index contributed by atoms with van der Waals surface area (Å²) in [5, 5.41) is 13.1. The van der Waals surface area contributed by atoms with Crippen LogP contribution in [0.4, 0.5) is 0 Å². The Bertz CT molecular complexity index is 474. The van der Waals surface area contributed by atoms with Crippen LogP contribution in [0.1, 0.15) is 42.5 Å². The number of esters is 1. The second-order valence-electron chi connectivity index (χ2n) is 5.93. The largest absolute Gasteiger partial charge is 0.429 e. The van der Waals surface area contributed by atoms with Gasteiger partial charge in [-0.2, -0.15) is 0 Å². The fraction of sp³-hybridized carbons (Fsp3) is 0.562. The number of aliphatic hydroxyl groups is 1. The summed E-state index contributed by atoms with van der Waals surface area (Å²) in [5.41, 5.74) is 0.503. The van der Waals surface area contributed by atoms with E-state index < -0.39 is 11.8 Å². The molecule has 0 amide bonds. The van der Waals surface area contributed by atoms with Crippen molar-refractivity contribution in [3.05, 3.63) is 35.9 Å². The minimum atomic E-state index is -1.28. The monoisotopic (exact) mass is 276 g/mol. The van der Waals surface area contributed by atoms with Gasteiger partial charge >= 0.3 is 5.97 Å². The summed E-state index contributed by atoms with van der Waals surface area (Å²) in [6.45, 7) is 0.819. The highest BCUT2D eigenvalue weighted by Gasteiger charge is 2.50. The van der Waals surface area contributed by atoms with E-state index in [2.05, 4.69) is 5.32 Å². The van der Waals surface area contributed by atoms with Crippen molar-refractivity contribution >= 4 is 5.97 Å². The molecule has 4 heteroatoms. The Labute approximate surface area is 119 Å². The van der Waals surface area contributed by atoms with Gasteiger partial charge in [0, 0.05) is 0 Å². The third-order valence-electron chi connectivity index (χ3n) is 4.65. The predicted octanol–water partition coefficient (Wildman–Crippen LogP) is 1.06. The Balaban J connectivity index is 1.75. The van der Waals surface area contributed by atoms with Crippen molar-refractivity contribution in [3.63, 3.8) is 0 Å². The molecule has 1 aliphatic heterocycles. The van der Waals surface area contributed by atoms with Crippen molar-refractivity contribution in [2.24, 2.45) is 5.92 Å². The van der Waals surface area contributed by atoms with Gasteiger partial charge in [0.15, 0.2) is 0 Å². The summed E-state index contributed by atoms with van der Waals surface area (Å²) in [6, 6.07) is 9.30. The summed E-state index contributed by atoms with van der Waals surface area (Å²) in [7, 11) is 0. The van der Waals surface area contributed by atoms with E-state index in [0.29, 0.717) is 18.0 Å². The number of nitrogens with two attached hydrogens (primary N) is 1. The van der Waals surface area contributed by atoms with Crippen LogP contribution in [-0.4, -0.2) is 29.4 Å². The molecular weight excluding hydrogens is 254 g/mol. The Kier molecular flexibility index (Phi) is 3.76. The van der Waals surface area contributed by atoms with Crippen LogP contribution in [0, 0.1) is 5.92 Å². The van der Waals surface area contributed by atoms with E-state index in [1.54, 1.807) is 24.3 Å². The molecule has 4 nitrogen and oxygen atoms in total. The van der Waals surface area contributed by atoms with Gasteiger partial charge in [0.1, 0.15) is 0 Å². The Morgan fingerprint density at radius 3 is 2.80 bits per heavy atom. The van der Waals surface area contributed by atoms with Gasteiger partial charge in [-0.05, 0) is 31.4 Å². The Morgan fingerprint density at radius 2 is 2.00 bits per heavy atom. The van der Waals surface area contributed by atoms with Crippen molar-refractivity contribution in [1.82, 2.24) is 0 Å². The SMILES string of the molecule is O=C(O[C@@]1(O)CC[NH2+][C@H]2CCCC[C@@H]21)c1ccccc1. The molecule has 1 saturated carbocycles. The number of hydrogen-bond acceptors (Lipinski definition) is 3. The average molecular weight is 276 g/mol. The number of fused-ring (bicyclic) bond motifs is 1. The van der Waals surface area contributed by atoms with E-state index in [-0.39, 0.29) is 5.92 Å². The van der Waals surface area contributed by atoms with E-state index in [0.717, 1.165) is 25.8 Å². The zero-order valence-corrected chi connectivity index (χ0v) is 11.6. The number of piperidine rings is 1. The Morgan fingerprint density at radius 1 is 1.25 bits per heavy atom. The molecule has 108 valence electrons. The zero-order chi connectivity index (χ0) is 14.0. The van der Waals surface area contributed by atoms with Crippen molar-refractivity contribution in [2.75, 3.05) is 6.54 Å². The summed E-state index contributed by atoms with van der Waals surface area (Å²) in [6.07, 6.45) is 4.89. The van der Waals surface area contributed by atoms with E-state index in [9.17, 15) is 9.90 Å². The molecule has 0 radical (unpaired) electrons. The first-order valence-electron chi connectivity index (χ1n) is 7.53. The highest BCUT2D eigenvalue weighted by atomic mass is 16.7. The van der Waals surface area contributed by atoms with Crippen LogP contribution >= 0.6 is 0 Å². The average Bonchev–Trinajstić information content (AvgIpc) is 2.48. The van der Waals surface area contributed by atoms with Crippen LogP contribution in [0.3, 0.4) is 0 Å². The number of quaternary nitrogens is 1. The number of ether oxygens (including phenoxy) is 1. The maximum Gasteiger partial charge on any atom is 0.340 e. The molecule has 20 heavy (non-hydrogen) atoms. The lowest BCUT2D eigenvalue weighted by Gasteiger charge is -2.44. The molecule has 1 aliphatic carbocycles. The summed E-state index contributed by atoms with van der Waals surface area (Å²) < 4.78 is 5.53. The lowest BCUT2D eigenvalue weighted by Crippen LogP contribution is -2.96. The number of carbonyl (C=O) groups is 1. The molecule has 0 unspecified atom stereocenters. The van der Waals surface area contributed by atoms with Gasteiger partial charge in [0.05, 0.1) is 30.5 Å². The van der Waals surface area contributed by atoms with Gasteiger partial charge in [-0.1, -0.05) is 24.6 Å². The molecule has 3 N–H and O–H groups in total. The van der Waals surface area contributed by atoms with E-state index in [1.165, 1.54) is 6.42 Å². The van der Waals surface area contributed by atoms with Gasteiger partial charge in [0.2, 0.25) is 5.79 Å². The number of carbonyl (C=O) groups excluding carboxylic acids is 1. The van der Waals surface area contributed by atoms with E-state index in [4.69, 9.17) is 4.74 Å². The van der Waals surface area contributed by atoms with E-state index >= 15 is 0 Å². The fourth-order valence-electron chi connectivity index (χ4n) is 3.61. The van der Waals surface area contributed by atoms with Crippen molar-refractivity contribution in [2.45, 2.75) is 43.9 Å². The number of benzene rings is 1. The van der Waals surface area contributed by atoms with Crippen LogP contribution in [-0.2, 0) is 4.74 Å². The van der Waals surface area contributed by atoms with Crippen LogP contribution in [0.2, 0.25) is 0 Å². The minimum Gasteiger partial charge on any atom is -0.429 e. The van der Waals surface area contributed by atoms with Crippen LogP contribution in [0.15, 0.2) is 30.3 Å². The lowest BCUT2D eigenvalue weighted by molar-refractivity contribution is -0.718. The first-order valence-corrected chi connectivity index (χ1v) is 7.53. The maximum absolute atomic E-state index is 12.2. The van der Waals surface area contributed by atoms with Gasteiger partial charge in [0.25, 0.3) is 0 Å². The summed E-state index contributed by atoms with van der Waals surface area (Å²) in [5.74, 6) is -1.63. The standard InChI is InChI=1S/C16H21NO3/c18-15(12-6-2-1-3-7-12)20-16(19)10-11-17-14-9-5-4-8-13(14)16/h1-3,6-7,13-14,17,19H,4-5,8-11H2/p+1/t13-,14-,16-/m0/s1. The molecule has 0 bridgehead atoms. The minimum absolute atomic E-state index is 0.0673. The van der Waals surface area contributed by atoms with E-state index in [1.807, 2.05) is 6.07 Å². The molecule has 1 saturated heterocycles. The molecule has 3 rings (SSSR count). The topological polar surface area (TPSA) is 63.1 Å². The fourth-order valence-corrected chi connectivity index (χ4v) is 3.61. The molecule has 2 fully saturated rings. The lowest BCUT2D eigenvalue weighted by atomic mass is 9.75. The van der Waals surface area contributed by atoms with Gasteiger partial charge in [-0.15, -0.1) is 0 Å². The third-order valence-corrected chi connectivity index (χ3v) is 4.65. The smallest absolute Gasteiger partial charge is 0.340 e. The molecule has 2 aliphatic rings. The van der Waals surface area contributed by atoms with Gasteiger partial charge < -0.3 is 15.2 Å². The summed E-state index contributed by atoms with van der Waals surface area (Å²) >= 11 is 0. The second-order valence-corrected chi connectivity index (χ2v) is 5.93. The third kappa shape index (κ3) is 2.58. The normalized spacial score (nSPS) is 33.2. The highest BCUT2D eigenvalue weighted by Crippen LogP contribution is 2.36. The van der Waals surface area contributed by atoms with Crippen LogP contribution < -0.4 is 5.32 Å². The molecule has 1 heterocycles. The Hall–Kier alpha value is -1.39. The number of hydrogen-bond donors (Lipinski definition) is 2.